The molecule has 0 amide bonds. The van der Waals surface area contributed by atoms with Gasteiger partial charge in [0.15, 0.2) is 0 Å². The predicted molar refractivity (Wildman–Crippen MR) is 39.0 cm³/mol. The van der Waals surface area contributed by atoms with E-state index in [-0.39, 0.29) is 6.16 Å². The Bertz CT molecular complexity index is 124. The highest BCUT2D eigenvalue weighted by molar-refractivity contribution is 7.51. The molecule has 1 unspecified atom stereocenters. The fourth-order valence-corrected chi connectivity index (χ4v) is 1.71. The van der Waals surface area contributed by atoms with Gasteiger partial charge in [-0.25, -0.2) is 0 Å². The summed E-state index contributed by atoms with van der Waals surface area (Å²) in [5, 5.41) is 0. The molecule has 0 aromatic heterocycles. The molecule has 0 aromatic carbocycles. The third kappa shape index (κ3) is 4.98. The third-order valence-corrected chi connectivity index (χ3v) is 2.56. The lowest BCUT2D eigenvalue weighted by atomic mass is 10.5. The van der Waals surface area contributed by atoms with E-state index in [1.807, 2.05) is 13.8 Å². The quantitative estimate of drug-likeness (QED) is 0.578. The zero-order chi connectivity index (χ0) is 8.04. The molecule has 0 heterocycles. The van der Waals surface area contributed by atoms with Gasteiger partial charge < -0.3 is 14.0 Å². The maximum atomic E-state index is 10.8. The highest BCUT2D eigenvalue weighted by Gasteiger charge is 2.04. The highest BCUT2D eigenvalue weighted by Crippen LogP contribution is 2.37. The van der Waals surface area contributed by atoms with Gasteiger partial charge >= 0.3 is 0 Å². The van der Waals surface area contributed by atoms with Crippen molar-refractivity contribution in [3.8, 4) is 0 Å². The first-order valence-electron chi connectivity index (χ1n) is 3.57. The monoisotopic (exact) mass is 165 g/mol. The lowest BCUT2D eigenvalue weighted by Gasteiger charge is -2.21. The third-order valence-electron chi connectivity index (χ3n) is 0.990. The average molecular weight is 165 g/mol. The van der Waals surface area contributed by atoms with Crippen LogP contribution in [0.2, 0.25) is 0 Å². The molecule has 0 aromatic rings. The second-order valence-electron chi connectivity index (χ2n) is 2.17. The van der Waals surface area contributed by atoms with Crippen molar-refractivity contribution in [3.05, 3.63) is 0 Å². The maximum Gasteiger partial charge on any atom is 0.134 e. The first-order valence-corrected chi connectivity index (χ1v) is 5.29. The molecular formula is C6H14O3P-. The largest absolute Gasteiger partial charge is 0.778 e. The van der Waals surface area contributed by atoms with E-state index >= 15 is 0 Å². The molecule has 0 saturated heterocycles. The Morgan fingerprint density at radius 3 is 2.40 bits per heavy atom. The summed E-state index contributed by atoms with van der Waals surface area (Å²) in [5.41, 5.74) is 0. The summed E-state index contributed by atoms with van der Waals surface area (Å²) in [6.45, 7) is 4.02. The molecule has 4 heteroatoms. The Morgan fingerprint density at radius 2 is 2.00 bits per heavy atom. The Balaban J connectivity index is 3.53. The van der Waals surface area contributed by atoms with Gasteiger partial charge in [0.25, 0.3) is 0 Å². The summed E-state index contributed by atoms with van der Waals surface area (Å²) in [5.74, 6) is 0. The van der Waals surface area contributed by atoms with E-state index in [1.54, 1.807) is 0 Å². The molecule has 0 aliphatic heterocycles. The summed E-state index contributed by atoms with van der Waals surface area (Å²) >= 11 is 0. The molecule has 62 valence electrons. The molecule has 0 saturated carbocycles. The Kier molecular flexibility index (Phi) is 4.96. The SMILES string of the molecule is CCCOP(=O)([O-])CCC. The molecule has 0 N–H and O–H groups in total. The zero-order valence-electron chi connectivity index (χ0n) is 6.50. The molecular weight excluding hydrogens is 151 g/mol. The number of hydrogen-bond acceptors (Lipinski definition) is 3. The first kappa shape index (κ1) is 10.2. The van der Waals surface area contributed by atoms with E-state index in [0.717, 1.165) is 6.42 Å². The van der Waals surface area contributed by atoms with Crippen LogP contribution in [0.3, 0.4) is 0 Å². The molecule has 0 aliphatic carbocycles. The van der Waals surface area contributed by atoms with Crippen LogP contribution in [0.1, 0.15) is 26.7 Å². The van der Waals surface area contributed by atoms with Crippen LogP contribution >= 0.6 is 7.60 Å². The first-order chi connectivity index (χ1) is 4.62. The van der Waals surface area contributed by atoms with E-state index in [2.05, 4.69) is 4.52 Å². The lowest BCUT2D eigenvalue weighted by Crippen LogP contribution is -2.08. The van der Waals surface area contributed by atoms with Crippen molar-refractivity contribution >= 4 is 7.60 Å². The van der Waals surface area contributed by atoms with Crippen LogP contribution in [-0.2, 0) is 9.09 Å². The van der Waals surface area contributed by atoms with Crippen LogP contribution < -0.4 is 4.89 Å². The Hall–Kier alpha value is 0.150. The van der Waals surface area contributed by atoms with Crippen LogP contribution in [0.25, 0.3) is 0 Å². The van der Waals surface area contributed by atoms with E-state index in [1.165, 1.54) is 0 Å². The van der Waals surface area contributed by atoms with Gasteiger partial charge in [-0.2, -0.15) is 0 Å². The van der Waals surface area contributed by atoms with Crippen LogP contribution in [0.15, 0.2) is 0 Å². The van der Waals surface area contributed by atoms with E-state index < -0.39 is 7.60 Å². The van der Waals surface area contributed by atoms with Crippen LogP contribution in [0, 0.1) is 0 Å². The number of rotatable bonds is 5. The van der Waals surface area contributed by atoms with Gasteiger partial charge in [-0.3, -0.25) is 0 Å². The molecule has 3 nitrogen and oxygen atoms in total. The van der Waals surface area contributed by atoms with Gasteiger partial charge in [0.2, 0.25) is 0 Å². The Morgan fingerprint density at radius 1 is 1.40 bits per heavy atom. The van der Waals surface area contributed by atoms with Gasteiger partial charge in [0, 0.05) is 6.16 Å². The Labute approximate surface area is 61.9 Å². The minimum Gasteiger partial charge on any atom is -0.778 e. The number of hydrogen-bond donors (Lipinski definition) is 0. The lowest BCUT2D eigenvalue weighted by molar-refractivity contribution is -0.198. The zero-order valence-corrected chi connectivity index (χ0v) is 7.39. The molecule has 0 bridgehead atoms. The summed E-state index contributed by atoms with van der Waals surface area (Å²) in [4.78, 5) is 10.8. The van der Waals surface area contributed by atoms with Crippen molar-refractivity contribution in [1.82, 2.24) is 0 Å². The molecule has 0 rings (SSSR count). The summed E-state index contributed by atoms with van der Waals surface area (Å²) < 4.78 is 15.4. The minimum atomic E-state index is -3.46. The molecule has 0 aliphatic rings. The standard InChI is InChI=1S/C6H15O3P/c1-3-5-9-10(7,8)6-4-2/h3-6H2,1-2H3,(H,7,8)/p-1. The second kappa shape index (κ2) is 4.89. The van der Waals surface area contributed by atoms with Crippen molar-refractivity contribution in [2.75, 3.05) is 12.8 Å². The summed E-state index contributed by atoms with van der Waals surface area (Å²) in [7, 11) is -3.46. The van der Waals surface area contributed by atoms with Crippen molar-refractivity contribution in [1.29, 1.82) is 0 Å². The van der Waals surface area contributed by atoms with Gasteiger partial charge in [0.1, 0.15) is 7.60 Å². The fraction of sp³-hybridized carbons (Fsp3) is 1.00. The normalized spacial score (nSPS) is 16.7. The van der Waals surface area contributed by atoms with E-state index in [9.17, 15) is 9.46 Å². The van der Waals surface area contributed by atoms with Crippen molar-refractivity contribution in [2.24, 2.45) is 0 Å². The molecule has 0 radical (unpaired) electrons. The van der Waals surface area contributed by atoms with E-state index in [0.29, 0.717) is 13.0 Å². The van der Waals surface area contributed by atoms with Crippen LogP contribution in [0.4, 0.5) is 0 Å². The van der Waals surface area contributed by atoms with Crippen molar-refractivity contribution in [2.45, 2.75) is 26.7 Å². The van der Waals surface area contributed by atoms with Gasteiger partial charge in [-0.05, 0) is 12.8 Å². The maximum absolute atomic E-state index is 10.8. The van der Waals surface area contributed by atoms with E-state index in [4.69, 9.17) is 0 Å². The van der Waals surface area contributed by atoms with Crippen LogP contribution in [0.5, 0.6) is 0 Å². The summed E-state index contributed by atoms with van der Waals surface area (Å²) in [6, 6.07) is 0. The summed E-state index contributed by atoms with van der Waals surface area (Å²) in [6.07, 6.45) is 1.54. The molecule has 0 fully saturated rings. The second-order valence-corrected chi connectivity index (χ2v) is 4.09. The molecule has 0 spiro atoms. The predicted octanol–water partition coefficient (Wildman–Crippen LogP) is 1.38. The molecule has 1 atom stereocenters. The fourth-order valence-electron chi connectivity index (χ4n) is 0.569. The highest BCUT2D eigenvalue weighted by atomic mass is 31.2. The molecule has 10 heavy (non-hydrogen) atoms. The van der Waals surface area contributed by atoms with Crippen molar-refractivity contribution < 1.29 is 14.0 Å². The average Bonchev–Trinajstić information content (AvgIpc) is 1.84. The van der Waals surface area contributed by atoms with Gasteiger partial charge in [0.05, 0.1) is 6.61 Å². The smallest absolute Gasteiger partial charge is 0.134 e. The van der Waals surface area contributed by atoms with Gasteiger partial charge in [-0.15, -0.1) is 0 Å². The minimum absolute atomic E-state index is 0.160. The van der Waals surface area contributed by atoms with Gasteiger partial charge in [-0.1, -0.05) is 13.8 Å². The van der Waals surface area contributed by atoms with Crippen LogP contribution in [-0.4, -0.2) is 12.8 Å². The van der Waals surface area contributed by atoms with Crippen molar-refractivity contribution in [3.63, 3.8) is 0 Å². The topological polar surface area (TPSA) is 49.4 Å².